The van der Waals surface area contributed by atoms with E-state index in [1.165, 1.54) is 18.7 Å². The third-order valence-corrected chi connectivity index (χ3v) is 4.78. The lowest BCUT2D eigenvalue weighted by molar-refractivity contribution is -0.127. The number of nitrogens with zero attached hydrogens (tertiary/aromatic N) is 1. The molecular weight excluding hydrogens is 400 g/mol. The third kappa shape index (κ3) is 5.05. The molecule has 2 rings (SSSR count). The maximum Gasteiger partial charge on any atom is 0.263 e. The van der Waals surface area contributed by atoms with Crippen LogP contribution in [0.2, 0.25) is 0 Å². The zero-order valence-electron chi connectivity index (χ0n) is 12.6. The van der Waals surface area contributed by atoms with E-state index in [0.29, 0.717) is 28.1 Å². The third-order valence-electron chi connectivity index (χ3n) is 3.12. The van der Waals surface area contributed by atoms with Crippen LogP contribution in [-0.2, 0) is 9.59 Å². The van der Waals surface area contributed by atoms with Crippen molar-refractivity contribution in [3.8, 4) is 5.75 Å². The largest absolute Gasteiger partial charge is 0.491 e. The number of amides is 2. The summed E-state index contributed by atoms with van der Waals surface area (Å²) in [4.78, 5) is 25.1. The first-order valence-electron chi connectivity index (χ1n) is 6.75. The minimum Gasteiger partial charge on any atom is -0.491 e. The van der Waals surface area contributed by atoms with Gasteiger partial charge in [0.1, 0.15) is 16.7 Å². The maximum atomic E-state index is 11.8. The number of rotatable bonds is 5. The Morgan fingerprint density at radius 1 is 1.52 bits per heavy atom. The Bertz CT molecular complexity index is 691. The van der Waals surface area contributed by atoms with E-state index >= 15 is 0 Å². The fraction of sp³-hybridized carbons (Fsp3) is 0.267. The first-order valence-corrected chi connectivity index (χ1v) is 8.77. The molecule has 0 atom stereocenters. The number of nitrogens with one attached hydrogen (secondary N) is 1. The monoisotopic (exact) mass is 414 g/mol. The summed E-state index contributed by atoms with van der Waals surface area (Å²) in [6.45, 7) is 2.36. The van der Waals surface area contributed by atoms with Crippen molar-refractivity contribution in [3.05, 3.63) is 33.1 Å². The molecule has 0 radical (unpaired) electrons. The van der Waals surface area contributed by atoms with Crippen molar-refractivity contribution in [2.24, 2.45) is 0 Å². The molecule has 1 aliphatic heterocycles. The summed E-state index contributed by atoms with van der Waals surface area (Å²) in [7, 11) is 1.72. The van der Waals surface area contributed by atoms with Crippen molar-refractivity contribution in [1.82, 2.24) is 10.2 Å². The van der Waals surface area contributed by atoms with E-state index in [4.69, 9.17) is 17.0 Å². The molecule has 0 saturated carbocycles. The van der Waals surface area contributed by atoms with Crippen molar-refractivity contribution < 1.29 is 14.3 Å². The summed E-state index contributed by atoms with van der Waals surface area (Å²) in [5.74, 6) is 0.422. The number of benzene rings is 1. The molecule has 23 heavy (non-hydrogen) atoms. The quantitative estimate of drug-likeness (QED) is 0.592. The van der Waals surface area contributed by atoms with Gasteiger partial charge in [-0.3, -0.25) is 9.59 Å². The molecule has 122 valence electrons. The lowest BCUT2D eigenvalue weighted by Crippen LogP contribution is -2.28. The molecule has 1 aliphatic rings. The van der Waals surface area contributed by atoms with Gasteiger partial charge in [0, 0.05) is 24.0 Å². The van der Waals surface area contributed by atoms with Gasteiger partial charge in [-0.05, 0) is 24.3 Å². The summed E-state index contributed by atoms with van der Waals surface area (Å²) in [5.41, 5.74) is 0.771. The number of halogens is 1. The van der Waals surface area contributed by atoms with E-state index in [2.05, 4.69) is 21.2 Å². The topological polar surface area (TPSA) is 58.6 Å². The van der Waals surface area contributed by atoms with E-state index in [9.17, 15) is 9.59 Å². The van der Waals surface area contributed by atoms with Gasteiger partial charge in [0.15, 0.2) is 0 Å². The van der Waals surface area contributed by atoms with Gasteiger partial charge in [-0.2, -0.15) is 0 Å². The molecule has 0 unspecified atom stereocenters. The first kappa shape index (κ1) is 18.0. The summed E-state index contributed by atoms with van der Waals surface area (Å²) in [6.07, 6.45) is 1.74. The van der Waals surface area contributed by atoms with Crippen LogP contribution in [0.1, 0.15) is 12.5 Å². The minimum atomic E-state index is -0.206. The molecule has 1 heterocycles. The zero-order valence-corrected chi connectivity index (χ0v) is 15.8. The second-order valence-electron chi connectivity index (χ2n) is 4.82. The molecule has 8 heteroatoms. The van der Waals surface area contributed by atoms with Crippen LogP contribution in [0.4, 0.5) is 0 Å². The molecule has 2 amide bonds. The number of thiocarbonyl (C=S) groups is 1. The van der Waals surface area contributed by atoms with Crippen LogP contribution in [0, 0.1) is 0 Å². The van der Waals surface area contributed by atoms with Crippen molar-refractivity contribution >= 4 is 62.1 Å². The van der Waals surface area contributed by atoms with Crippen LogP contribution in [0.25, 0.3) is 6.08 Å². The highest BCUT2D eigenvalue weighted by Crippen LogP contribution is 2.31. The maximum absolute atomic E-state index is 11.8. The van der Waals surface area contributed by atoms with Gasteiger partial charge in [-0.1, -0.05) is 39.9 Å². The van der Waals surface area contributed by atoms with Crippen molar-refractivity contribution in [1.29, 1.82) is 0 Å². The van der Waals surface area contributed by atoms with Crippen LogP contribution >= 0.6 is 39.9 Å². The van der Waals surface area contributed by atoms with E-state index in [0.717, 1.165) is 10.0 Å². The number of thioether (sulfide) groups is 1. The predicted molar refractivity (Wildman–Crippen MR) is 99.3 cm³/mol. The molecule has 0 aliphatic carbocycles. The summed E-state index contributed by atoms with van der Waals surface area (Å²) in [6, 6.07) is 5.55. The molecule has 1 fully saturated rings. The molecule has 0 bridgehead atoms. The molecule has 1 aromatic carbocycles. The molecule has 1 aromatic rings. The number of ether oxygens (including phenoxy) is 1. The van der Waals surface area contributed by atoms with Crippen LogP contribution in [-0.4, -0.2) is 41.2 Å². The average molecular weight is 415 g/mol. The summed E-state index contributed by atoms with van der Waals surface area (Å²) in [5, 5.41) is 2.58. The Hall–Kier alpha value is -1.38. The van der Waals surface area contributed by atoms with Gasteiger partial charge in [0.05, 0.1) is 11.4 Å². The van der Waals surface area contributed by atoms with Gasteiger partial charge in [0.25, 0.3) is 5.91 Å². The Morgan fingerprint density at radius 3 is 2.87 bits per heavy atom. The second-order valence-corrected chi connectivity index (χ2v) is 7.46. The molecule has 1 saturated heterocycles. The summed E-state index contributed by atoms with van der Waals surface area (Å²) >= 11 is 9.62. The van der Waals surface area contributed by atoms with Gasteiger partial charge in [-0.15, -0.1) is 0 Å². The number of carbonyl (C=O) groups is 2. The lowest BCUT2D eigenvalue weighted by Gasteiger charge is -2.16. The Kier molecular flexibility index (Phi) is 6.20. The normalized spacial score (nSPS) is 15.7. The Morgan fingerprint density at radius 2 is 2.26 bits per heavy atom. The van der Waals surface area contributed by atoms with E-state index < -0.39 is 0 Å². The van der Waals surface area contributed by atoms with Gasteiger partial charge in [0.2, 0.25) is 5.91 Å². The SMILES string of the molecule is CC(=O)N(C)CCOc1ccc(Br)cc1/C=C1\SC(=S)NC1=O. The smallest absolute Gasteiger partial charge is 0.263 e. The van der Waals surface area contributed by atoms with Crippen LogP contribution in [0.3, 0.4) is 0 Å². The molecule has 0 aromatic heterocycles. The van der Waals surface area contributed by atoms with Crippen molar-refractivity contribution in [3.63, 3.8) is 0 Å². The Balaban J connectivity index is 2.15. The number of likely N-dealkylation sites (N-methyl/N-ethyl adjacent to an activating group) is 1. The van der Waals surface area contributed by atoms with Gasteiger partial charge >= 0.3 is 0 Å². The highest BCUT2D eigenvalue weighted by molar-refractivity contribution is 9.10. The predicted octanol–water partition coefficient (Wildman–Crippen LogP) is 2.80. The number of hydrogen-bond acceptors (Lipinski definition) is 5. The standard InChI is InChI=1S/C15H15BrN2O3S2/c1-9(19)18(2)5-6-21-12-4-3-11(16)7-10(12)8-13-14(20)17-15(22)23-13/h3-4,7-8H,5-6H2,1-2H3,(H,17,20,22)/b13-8-. The fourth-order valence-electron chi connectivity index (χ4n) is 1.78. The Labute approximate surface area is 152 Å². The molecule has 0 spiro atoms. The highest BCUT2D eigenvalue weighted by atomic mass is 79.9. The minimum absolute atomic E-state index is 0.0145. The highest BCUT2D eigenvalue weighted by Gasteiger charge is 2.22. The van der Waals surface area contributed by atoms with Gasteiger partial charge < -0.3 is 15.0 Å². The van der Waals surface area contributed by atoms with Crippen LogP contribution in [0.5, 0.6) is 5.75 Å². The van der Waals surface area contributed by atoms with Gasteiger partial charge in [-0.25, -0.2) is 0 Å². The molecule has 5 nitrogen and oxygen atoms in total. The van der Waals surface area contributed by atoms with Crippen LogP contribution < -0.4 is 10.1 Å². The van der Waals surface area contributed by atoms with Crippen molar-refractivity contribution in [2.75, 3.05) is 20.2 Å². The molecule has 1 N–H and O–H groups in total. The van der Waals surface area contributed by atoms with E-state index in [-0.39, 0.29) is 11.8 Å². The lowest BCUT2D eigenvalue weighted by atomic mass is 10.2. The van der Waals surface area contributed by atoms with Crippen LogP contribution in [0.15, 0.2) is 27.6 Å². The first-order chi connectivity index (χ1) is 10.9. The number of carbonyl (C=O) groups excluding carboxylic acids is 2. The van der Waals surface area contributed by atoms with E-state index in [1.807, 2.05) is 18.2 Å². The van der Waals surface area contributed by atoms with Crippen molar-refractivity contribution in [2.45, 2.75) is 6.92 Å². The average Bonchev–Trinajstić information content (AvgIpc) is 2.79. The summed E-state index contributed by atoms with van der Waals surface area (Å²) < 4.78 is 7.08. The second kappa shape index (κ2) is 7.94. The van der Waals surface area contributed by atoms with E-state index in [1.54, 1.807) is 18.0 Å². The molecular formula is C15H15BrN2O3S2. The zero-order chi connectivity index (χ0) is 17.0. The fourth-order valence-corrected chi connectivity index (χ4v) is 3.19. The number of hydrogen-bond donors (Lipinski definition) is 1.